The van der Waals surface area contributed by atoms with Crippen molar-refractivity contribution < 1.29 is 18.0 Å². The molecular weight excluding hydrogens is 352 g/mol. The summed E-state index contributed by atoms with van der Waals surface area (Å²) < 4.78 is 34.1. The van der Waals surface area contributed by atoms with Gasteiger partial charge in [-0.3, -0.25) is 4.79 Å². The Balaban J connectivity index is 1.47. The fourth-order valence-corrected chi connectivity index (χ4v) is 3.17. The molecule has 2 heterocycles. The first-order valence-corrected chi connectivity index (χ1v) is 8.69. The molecule has 27 heavy (non-hydrogen) atoms. The summed E-state index contributed by atoms with van der Waals surface area (Å²) in [6.07, 6.45) is 4.44. The second-order valence-electron chi connectivity index (χ2n) is 6.33. The van der Waals surface area contributed by atoms with Crippen LogP contribution >= 0.6 is 0 Å². The lowest BCUT2D eigenvalue weighted by atomic mass is 10.2. The van der Waals surface area contributed by atoms with Crippen molar-refractivity contribution in [1.82, 2.24) is 4.98 Å². The molecule has 7 heteroatoms. The maximum absolute atomic E-state index is 14.3. The van der Waals surface area contributed by atoms with Crippen LogP contribution in [0.3, 0.4) is 0 Å². The zero-order chi connectivity index (χ0) is 18.8. The normalized spacial score (nSPS) is 14.4. The zero-order valence-electron chi connectivity index (χ0n) is 14.4. The van der Waals surface area contributed by atoms with Gasteiger partial charge < -0.3 is 14.6 Å². The Morgan fingerprint density at radius 1 is 1.15 bits per heavy atom. The number of halogens is 2. The number of benzene rings is 2. The lowest BCUT2D eigenvalue weighted by Crippen LogP contribution is -2.21. The van der Waals surface area contributed by atoms with E-state index in [9.17, 15) is 13.6 Å². The number of nitrogens with one attached hydrogen (secondary N) is 1. The first-order valence-electron chi connectivity index (χ1n) is 8.69. The summed E-state index contributed by atoms with van der Waals surface area (Å²) in [5, 5.41) is 2.45. The number of rotatable bonds is 4. The molecule has 2 aromatic carbocycles. The third-order valence-electron chi connectivity index (χ3n) is 4.39. The van der Waals surface area contributed by atoms with Crippen molar-refractivity contribution in [1.29, 1.82) is 0 Å². The molecule has 4 rings (SSSR count). The van der Waals surface area contributed by atoms with Gasteiger partial charge in [0, 0.05) is 30.9 Å². The molecule has 0 saturated carbocycles. The summed E-state index contributed by atoms with van der Waals surface area (Å²) >= 11 is 0. The summed E-state index contributed by atoms with van der Waals surface area (Å²) in [4.78, 5) is 17.9. The minimum absolute atomic E-state index is 0.0347. The highest BCUT2D eigenvalue weighted by molar-refractivity contribution is 6.01. The van der Waals surface area contributed by atoms with E-state index in [4.69, 9.17) is 4.42 Å². The Bertz CT molecular complexity index is 967. The highest BCUT2D eigenvalue weighted by Gasteiger charge is 2.21. The van der Waals surface area contributed by atoms with E-state index in [1.807, 2.05) is 12.1 Å². The highest BCUT2D eigenvalue weighted by Crippen LogP contribution is 2.29. The molecule has 0 atom stereocenters. The fourth-order valence-electron chi connectivity index (χ4n) is 3.17. The number of amides is 1. The van der Waals surface area contributed by atoms with Crippen LogP contribution in [-0.2, 0) is 4.79 Å². The van der Waals surface area contributed by atoms with Gasteiger partial charge in [0.15, 0.2) is 17.2 Å². The van der Waals surface area contributed by atoms with Crippen LogP contribution in [0.4, 0.5) is 20.2 Å². The molecule has 0 aliphatic carbocycles. The molecular formula is C20H17F2N3O2. The van der Waals surface area contributed by atoms with Crippen LogP contribution in [0.15, 0.2) is 46.9 Å². The largest absolute Gasteiger partial charge is 0.437 e. The fraction of sp³-hybridized carbons (Fsp3) is 0.200. The first-order chi connectivity index (χ1) is 13.1. The Morgan fingerprint density at radius 2 is 1.85 bits per heavy atom. The zero-order valence-corrected chi connectivity index (χ0v) is 14.4. The van der Waals surface area contributed by atoms with Gasteiger partial charge in [0.25, 0.3) is 0 Å². The Hall–Kier alpha value is -3.22. The van der Waals surface area contributed by atoms with Crippen molar-refractivity contribution in [2.45, 2.75) is 12.8 Å². The van der Waals surface area contributed by atoms with Gasteiger partial charge in [0.1, 0.15) is 11.2 Å². The minimum atomic E-state index is -0.685. The number of carbonyl (C=O) groups is 1. The van der Waals surface area contributed by atoms with Crippen molar-refractivity contribution in [3.63, 3.8) is 0 Å². The van der Waals surface area contributed by atoms with Crippen LogP contribution in [-0.4, -0.2) is 24.0 Å². The van der Waals surface area contributed by atoms with Crippen LogP contribution in [0.25, 0.3) is 17.2 Å². The smallest absolute Gasteiger partial charge is 0.248 e. The Labute approximate surface area is 154 Å². The molecule has 5 nitrogen and oxygen atoms in total. The standard InChI is InChI=1S/C20H17F2N3O2/c21-14-11-13(12-15(22)20(14)25-9-3-4-10-25)23-18(26)7-8-19-24-16-5-1-2-6-17(16)27-19/h1-2,5-8,11-12H,3-4,9-10H2,(H,23,26). The van der Waals surface area contributed by atoms with Crippen LogP contribution in [0.2, 0.25) is 0 Å². The van der Waals surface area contributed by atoms with E-state index in [1.54, 1.807) is 17.0 Å². The van der Waals surface area contributed by atoms with Gasteiger partial charge in [-0.05, 0) is 37.1 Å². The van der Waals surface area contributed by atoms with Crippen molar-refractivity contribution in [3.8, 4) is 0 Å². The maximum Gasteiger partial charge on any atom is 0.248 e. The minimum Gasteiger partial charge on any atom is -0.437 e. The van der Waals surface area contributed by atoms with E-state index in [0.29, 0.717) is 24.2 Å². The van der Waals surface area contributed by atoms with Gasteiger partial charge in [-0.2, -0.15) is 0 Å². The van der Waals surface area contributed by atoms with E-state index in [0.717, 1.165) is 25.0 Å². The van der Waals surface area contributed by atoms with Gasteiger partial charge >= 0.3 is 0 Å². The molecule has 1 saturated heterocycles. The third-order valence-corrected chi connectivity index (χ3v) is 4.39. The van der Waals surface area contributed by atoms with Gasteiger partial charge in [0.2, 0.25) is 11.8 Å². The van der Waals surface area contributed by atoms with Gasteiger partial charge in [-0.1, -0.05) is 12.1 Å². The second-order valence-corrected chi connectivity index (χ2v) is 6.33. The molecule has 1 N–H and O–H groups in total. The summed E-state index contributed by atoms with van der Waals surface area (Å²) in [5.41, 5.74) is 1.31. The first kappa shape index (κ1) is 17.2. The van der Waals surface area contributed by atoms with E-state index in [2.05, 4.69) is 10.3 Å². The van der Waals surface area contributed by atoms with Crippen LogP contribution < -0.4 is 10.2 Å². The number of carbonyl (C=O) groups excluding carboxylic acids is 1. The third kappa shape index (κ3) is 3.67. The Morgan fingerprint density at radius 3 is 2.56 bits per heavy atom. The average molecular weight is 369 g/mol. The second kappa shape index (κ2) is 7.19. The molecule has 1 amide bonds. The van der Waals surface area contributed by atoms with Gasteiger partial charge in [0.05, 0.1) is 0 Å². The lowest BCUT2D eigenvalue weighted by molar-refractivity contribution is -0.111. The molecule has 0 unspecified atom stereocenters. The van der Waals surface area contributed by atoms with Crippen molar-refractivity contribution in [2.75, 3.05) is 23.3 Å². The monoisotopic (exact) mass is 369 g/mol. The molecule has 1 fully saturated rings. The molecule has 0 radical (unpaired) electrons. The van der Waals surface area contributed by atoms with E-state index < -0.39 is 17.5 Å². The van der Waals surface area contributed by atoms with Gasteiger partial charge in [-0.25, -0.2) is 13.8 Å². The number of para-hydroxylation sites is 2. The quantitative estimate of drug-likeness (QED) is 0.695. The van der Waals surface area contributed by atoms with E-state index >= 15 is 0 Å². The lowest BCUT2D eigenvalue weighted by Gasteiger charge is -2.19. The Kier molecular flexibility index (Phi) is 4.58. The molecule has 0 bridgehead atoms. The highest BCUT2D eigenvalue weighted by atomic mass is 19.1. The predicted octanol–water partition coefficient (Wildman–Crippen LogP) is 4.36. The number of hydrogen-bond donors (Lipinski definition) is 1. The van der Waals surface area contributed by atoms with Crippen LogP contribution in [0, 0.1) is 11.6 Å². The van der Waals surface area contributed by atoms with E-state index in [1.165, 1.54) is 12.2 Å². The number of oxazole rings is 1. The predicted molar refractivity (Wildman–Crippen MR) is 99.5 cm³/mol. The molecule has 1 aliphatic heterocycles. The van der Waals surface area contributed by atoms with Gasteiger partial charge in [-0.15, -0.1) is 0 Å². The maximum atomic E-state index is 14.3. The average Bonchev–Trinajstić information content (AvgIpc) is 3.28. The summed E-state index contributed by atoms with van der Waals surface area (Å²) in [5.74, 6) is -1.64. The number of fused-ring (bicyclic) bond motifs is 1. The summed E-state index contributed by atoms with van der Waals surface area (Å²) in [6, 6.07) is 9.48. The topological polar surface area (TPSA) is 58.4 Å². The summed E-state index contributed by atoms with van der Waals surface area (Å²) in [6.45, 7) is 1.26. The van der Waals surface area contributed by atoms with Crippen molar-refractivity contribution in [3.05, 3.63) is 60.0 Å². The number of nitrogens with zero attached hydrogens (tertiary/aromatic N) is 2. The van der Waals surface area contributed by atoms with Crippen molar-refractivity contribution >= 4 is 34.5 Å². The van der Waals surface area contributed by atoms with Crippen LogP contribution in [0.1, 0.15) is 18.7 Å². The van der Waals surface area contributed by atoms with E-state index in [-0.39, 0.29) is 17.3 Å². The number of anilines is 2. The number of hydrogen-bond acceptors (Lipinski definition) is 4. The molecule has 3 aromatic rings. The molecule has 0 spiro atoms. The molecule has 1 aromatic heterocycles. The SMILES string of the molecule is O=C(C=Cc1nc2ccccc2o1)Nc1cc(F)c(N2CCCC2)c(F)c1. The van der Waals surface area contributed by atoms with Crippen molar-refractivity contribution in [2.24, 2.45) is 0 Å². The number of aromatic nitrogens is 1. The molecule has 1 aliphatic rings. The summed E-state index contributed by atoms with van der Waals surface area (Å²) in [7, 11) is 0. The molecule has 138 valence electrons. The van der Waals surface area contributed by atoms with Crippen LogP contribution in [0.5, 0.6) is 0 Å².